The van der Waals surface area contributed by atoms with Gasteiger partial charge in [-0.05, 0) is 47.7 Å². The third-order valence-electron chi connectivity index (χ3n) is 10.5. The molecule has 1 unspecified atom stereocenters. The highest BCUT2D eigenvalue weighted by Gasteiger charge is 2.21. The zero-order chi connectivity index (χ0) is 36.0. The number of para-hydroxylation sites is 2. The number of rotatable bonds is 6. The number of fused-ring (bicyclic) bond motifs is 5. The van der Waals surface area contributed by atoms with Gasteiger partial charge < -0.3 is 4.57 Å². The van der Waals surface area contributed by atoms with Crippen molar-refractivity contribution < 1.29 is 0 Å². The summed E-state index contributed by atoms with van der Waals surface area (Å²) in [5.74, 6) is 1.20. The van der Waals surface area contributed by atoms with E-state index in [2.05, 4.69) is 157 Å². The first-order valence-electron chi connectivity index (χ1n) is 18.6. The fourth-order valence-electron chi connectivity index (χ4n) is 7.85. The molecular formula is C50H36N4. The van der Waals surface area contributed by atoms with Gasteiger partial charge in [-0.25, -0.2) is 15.0 Å². The van der Waals surface area contributed by atoms with Crippen LogP contribution < -0.4 is 0 Å². The predicted octanol–water partition coefficient (Wildman–Crippen LogP) is 12.9. The van der Waals surface area contributed by atoms with Gasteiger partial charge in [0.05, 0.1) is 33.6 Å². The Morgan fingerprint density at radius 3 is 1.76 bits per heavy atom. The maximum absolute atomic E-state index is 5.34. The van der Waals surface area contributed by atoms with Gasteiger partial charge in [-0.3, -0.25) is 0 Å². The molecule has 54 heavy (non-hydrogen) atoms. The molecule has 0 amide bonds. The Morgan fingerprint density at radius 2 is 1.07 bits per heavy atom. The van der Waals surface area contributed by atoms with Crippen molar-refractivity contribution in [3.63, 3.8) is 0 Å². The molecule has 3 heterocycles. The topological polar surface area (TPSA) is 43.6 Å². The molecular weight excluding hydrogens is 657 g/mol. The van der Waals surface area contributed by atoms with Crippen LogP contribution in [-0.4, -0.2) is 19.5 Å². The Bertz CT molecular complexity index is 2830. The van der Waals surface area contributed by atoms with E-state index in [1.165, 1.54) is 27.5 Å². The van der Waals surface area contributed by atoms with Crippen LogP contribution in [0.25, 0.3) is 94.7 Å². The molecule has 0 spiro atoms. The summed E-state index contributed by atoms with van der Waals surface area (Å²) >= 11 is 0. The highest BCUT2D eigenvalue weighted by atomic mass is 15.0. The van der Waals surface area contributed by atoms with Crippen molar-refractivity contribution >= 4 is 38.4 Å². The van der Waals surface area contributed by atoms with E-state index in [1.807, 2.05) is 36.4 Å². The van der Waals surface area contributed by atoms with Crippen LogP contribution in [0.15, 0.2) is 182 Å². The van der Waals surface area contributed by atoms with Crippen molar-refractivity contribution in [3.05, 3.63) is 182 Å². The molecule has 3 aromatic heterocycles. The normalized spacial score (nSPS) is 14.2. The van der Waals surface area contributed by atoms with Crippen LogP contribution in [-0.2, 0) is 0 Å². The SMILES string of the molecule is CC1C=C(n2c3ccccc3c3c(-c4ccc(-c5ccc(-c6cc(-c7ccccc7)nc(-c7ccccc7)n6)cc5)cc4)nc4ccccc4c32)C=CC1. The molecule has 9 aromatic rings. The maximum Gasteiger partial charge on any atom is 0.160 e. The lowest BCUT2D eigenvalue weighted by atomic mass is 9.98. The summed E-state index contributed by atoms with van der Waals surface area (Å²) in [6.45, 7) is 2.29. The molecule has 0 saturated carbocycles. The van der Waals surface area contributed by atoms with Crippen LogP contribution in [0.4, 0.5) is 0 Å². The summed E-state index contributed by atoms with van der Waals surface area (Å²) in [5.41, 5.74) is 13.9. The van der Waals surface area contributed by atoms with Gasteiger partial charge in [0.15, 0.2) is 5.82 Å². The minimum absolute atomic E-state index is 0.481. The summed E-state index contributed by atoms with van der Waals surface area (Å²) in [5, 5.41) is 3.55. The van der Waals surface area contributed by atoms with Gasteiger partial charge >= 0.3 is 0 Å². The first-order valence-corrected chi connectivity index (χ1v) is 18.6. The average Bonchev–Trinajstić information content (AvgIpc) is 3.60. The molecule has 1 aliphatic rings. The summed E-state index contributed by atoms with van der Waals surface area (Å²) < 4.78 is 2.45. The molecule has 10 rings (SSSR count). The second-order valence-electron chi connectivity index (χ2n) is 14.1. The van der Waals surface area contributed by atoms with Crippen LogP contribution in [0.5, 0.6) is 0 Å². The molecule has 0 bridgehead atoms. The zero-order valence-corrected chi connectivity index (χ0v) is 29.9. The lowest BCUT2D eigenvalue weighted by Crippen LogP contribution is -2.02. The predicted molar refractivity (Wildman–Crippen MR) is 225 cm³/mol. The summed E-state index contributed by atoms with van der Waals surface area (Å²) in [6, 6.07) is 57.4. The lowest BCUT2D eigenvalue weighted by Gasteiger charge is -2.17. The zero-order valence-electron chi connectivity index (χ0n) is 29.9. The fraction of sp³-hybridized carbons (Fsp3) is 0.0600. The van der Waals surface area contributed by atoms with Crippen LogP contribution in [0, 0.1) is 5.92 Å². The molecule has 0 fully saturated rings. The largest absolute Gasteiger partial charge is 0.309 e. The highest BCUT2D eigenvalue weighted by molar-refractivity contribution is 6.23. The van der Waals surface area contributed by atoms with Crippen molar-refractivity contribution in [3.8, 4) is 56.3 Å². The molecule has 0 saturated heterocycles. The number of nitrogens with zero attached hydrogens (tertiary/aromatic N) is 4. The maximum atomic E-state index is 5.34. The molecule has 1 atom stereocenters. The monoisotopic (exact) mass is 692 g/mol. The third kappa shape index (κ3) is 5.60. The highest BCUT2D eigenvalue weighted by Crippen LogP contribution is 2.42. The number of allylic oxidation sites excluding steroid dienone is 4. The Morgan fingerprint density at radius 1 is 0.519 bits per heavy atom. The van der Waals surface area contributed by atoms with E-state index < -0.39 is 0 Å². The number of pyridine rings is 1. The number of hydrogen-bond acceptors (Lipinski definition) is 3. The van der Waals surface area contributed by atoms with Gasteiger partial charge in [-0.1, -0.05) is 165 Å². The Kier molecular flexibility index (Phi) is 7.80. The summed E-state index contributed by atoms with van der Waals surface area (Å²) in [4.78, 5) is 15.3. The number of benzene rings is 6. The van der Waals surface area contributed by atoms with E-state index in [0.29, 0.717) is 11.7 Å². The lowest BCUT2D eigenvalue weighted by molar-refractivity contribution is 0.735. The van der Waals surface area contributed by atoms with Crippen molar-refractivity contribution in [1.29, 1.82) is 0 Å². The Hall–Kier alpha value is -6.91. The smallest absolute Gasteiger partial charge is 0.160 e. The second-order valence-corrected chi connectivity index (χ2v) is 14.1. The Balaban J connectivity index is 1.05. The van der Waals surface area contributed by atoms with Crippen LogP contribution >= 0.6 is 0 Å². The van der Waals surface area contributed by atoms with Gasteiger partial charge in [0, 0.05) is 44.1 Å². The quantitative estimate of drug-likeness (QED) is 0.174. The molecule has 6 aromatic carbocycles. The second kappa shape index (κ2) is 13.3. The number of hydrogen-bond donors (Lipinski definition) is 0. The molecule has 4 nitrogen and oxygen atoms in total. The average molecular weight is 693 g/mol. The van der Waals surface area contributed by atoms with Crippen molar-refractivity contribution in [2.45, 2.75) is 13.3 Å². The van der Waals surface area contributed by atoms with E-state index >= 15 is 0 Å². The van der Waals surface area contributed by atoms with Crippen LogP contribution in [0.1, 0.15) is 13.3 Å². The molecule has 0 radical (unpaired) electrons. The van der Waals surface area contributed by atoms with Crippen LogP contribution in [0.2, 0.25) is 0 Å². The van der Waals surface area contributed by atoms with E-state index in [4.69, 9.17) is 15.0 Å². The standard InChI is InChI=1S/C50H36N4/c1-33-13-12-18-40(31-33)54-46-22-11-9-20-42(46)47-48(51-43-21-10-8-19-41(43)49(47)54)38-29-25-35(26-30-38)34-23-27-37(28-24-34)45-32-44(36-14-4-2-5-15-36)52-50(53-45)39-16-6-3-7-17-39/h2-12,14-33H,13H2,1H3. The van der Waals surface area contributed by atoms with Crippen molar-refractivity contribution in [2.75, 3.05) is 0 Å². The first-order chi connectivity index (χ1) is 26.7. The van der Waals surface area contributed by atoms with Crippen molar-refractivity contribution in [2.24, 2.45) is 5.92 Å². The Labute approximate surface area is 314 Å². The molecule has 1 aliphatic carbocycles. The van der Waals surface area contributed by atoms with Crippen LogP contribution in [0.3, 0.4) is 0 Å². The molecule has 0 aliphatic heterocycles. The van der Waals surface area contributed by atoms with Gasteiger partial charge in [-0.2, -0.15) is 0 Å². The minimum Gasteiger partial charge on any atom is -0.309 e. The molecule has 4 heteroatoms. The van der Waals surface area contributed by atoms with E-state index in [1.54, 1.807) is 0 Å². The minimum atomic E-state index is 0.481. The molecule has 256 valence electrons. The van der Waals surface area contributed by atoms with Gasteiger partial charge in [0.1, 0.15) is 0 Å². The van der Waals surface area contributed by atoms with E-state index in [0.717, 1.165) is 67.8 Å². The number of aromatic nitrogens is 4. The van der Waals surface area contributed by atoms with Gasteiger partial charge in [0.2, 0.25) is 0 Å². The summed E-state index contributed by atoms with van der Waals surface area (Å²) in [7, 11) is 0. The van der Waals surface area contributed by atoms with Crippen molar-refractivity contribution in [1.82, 2.24) is 19.5 Å². The van der Waals surface area contributed by atoms with E-state index in [9.17, 15) is 0 Å². The molecule has 0 N–H and O–H groups in total. The summed E-state index contributed by atoms with van der Waals surface area (Å²) in [6.07, 6.45) is 8.04. The van der Waals surface area contributed by atoms with E-state index in [-0.39, 0.29) is 0 Å². The van der Waals surface area contributed by atoms with Gasteiger partial charge in [0.25, 0.3) is 0 Å². The first kappa shape index (κ1) is 31.8. The third-order valence-corrected chi connectivity index (χ3v) is 10.5. The fourth-order valence-corrected chi connectivity index (χ4v) is 7.85. The van der Waals surface area contributed by atoms with Gasteiger partial charge in [-0.15, -0.1) is 0 Å².